The molecule has 11 heteroatoms. The molecule has 0 fully saturated rings. The molecule has 0 heterocycles. The van der Waals surface area contributed by atoms with Crippen molar-refractivity contribution in [1.29, 1.82) is 0 Å². The Morgan fingerprint density at radius 3 is 0.852 bits per heavy atom. The van der Waals surface area contributed by atoms with Crippen molar-refractivity contribution in [2.24, 2.45) is 10.8 Å². The van der Waals surface area contributed by atoms with Crippen LogP contribution >= 0.6 is 25.3 Å². The van der Waals surface area contributed by atoms with Crippen LogP contribution in [-0.4, -0.2) is 76.8 Å². The molecule has 0 bridgehead atoms. The molecule has 0 aliphatic heterocycles. The molecule has 0 aromatic rings. The fourth-order valence-electron chi connectivity index (χ4n) is 6.97. The van der Waals surface area contributed by atoms with Gasteiger partial charge in [-0.2, -0.15) is 25.3 Å². The number of unbranched alkanes of at least 4 members (excludes halogenated alkanes) is 22. The predicted octanol–water partition coefficient (Wildman–Crippen LogP) is 11.3. The van der Waals surface area contributed by atoms with E-state index < -0.39 is 43.0 Å². The van der Waals surface area contributed by atoms with Gasteiger partial charge in [-0.3, -0.25) is 0 Å². The van der Waals surface area contributed by atoms with E-state index in [1.54, 1.807) is 0 Å². The van der Waals surface area contributed by atoms with Crippen molar-refractivity contribution in [3.63, 3.8) is 0 Å². The Balaban J connectivity index is -0.000000836. The first-order chi connectivity index (χ1) is 29.5. The summed E-state index contributed by atoms with van der Waals surface area (Å²) in [5.74, 6) is -1.54. The zero-order valence-corrected chi connectivity index (χ0v) is 44.9. The molecule has 0 rings (SSSR count). The van der Waals surface area contributed by atoms with E-state index in [1.807, 2.05) is 13.8 Å². The zero-order chi connectivity index (χ0) is 46.3. The number of rotatable bonds is 40. The Hall–Kier alpha value is -0.881. The first-order valence-electron chi connectivity index (χ1n) is 24.9. The summed E-state index contributed by atoms with van der Waals surface area (Å²) in [7, 11) is 0. The van der Waals surface area contributed by atoms with Gasteiger partial charge < -0.3 is 19.8 Å². The second-order valence-electron chi connectivity index (χ2n) is 17.0. The van der Waals surface area contributed by atoms with Crippen LogP contribution in [0.3, 0.4) is 0 Å². The van der Waals surface area contributed by atoms with Crippen molar-refractivity contribution in [1.82, 2.24) is 0 Å². The number of esters is 2. The van der Waals surface area contributed by atoms with Gasteiger partial charge in [0.15, 0.2) is 0 Å². The first kappa shape index (κ1) is 64.4. The molecule has 0 unspecified atom stereocenters. The molecule has 0 saturated heterocycles. The number of carboxylic acid groups (broad SMARTS) is 2. The van der Waals surface area contributed by atoms with Gasteiger partial charge >= 0.3 is 112 Å². The van der Waals surface area contributed by atoms with Crippen LogP contribution in [0.25, 0.3) is 0 Å². The van der Waals surface area contributed by atoms with Gasteiger partial charge in [-0.05, 0) is 25.7 Å². The van der Waals surface area contributed by atoms with E-state index in [9.17, 15) is 29.4 Å². The van der Waals surface area contributed by atoms with E-state index in [1.165, 1.54) is 111 Å². The molecule has 61 heavy (non-hydrogen) atoms. The van der Waals surface area contributed by atoms with Gasteiger partial charge in [-0.25, -0.2) is 0 Å². The molecule has 0 aliphatic rings. The number of thiol groups is 2. The third-order valence-corrected chi connectivity index (χ3v) is 14.9. The van der Waals surface area contributed by atoms with Crippen LogP contribution in [-0.2, 0) is 28.7 Å². The van der Waals surface area contributed by atoms with E-state index >= 15 is 0 Å². The molecule has 0 aliphatic carbocycles. The van der Waals surface area contributed by atoms with Gasteiger partial charge in [-0.15, -0.1) is 0 Å². The Kier molecular flexibility index (Phi) is 51.3. The number of carbonyl (C=O) groups excluding carboxylic acids is 4. The molecule has 0 N–H and O–H groups in total. The number of carbonyl (C=O) groups is 4. The zero-order valence-electron chi connectivity index (χ0n) is 40.3. The van der Waals surface area contributed by atoms with Crippen LogP contribution < -0.4 is 10.2 Å². The van der Waals surface area contributed by atoms with E-state index in [0.717, 1.165) is 103 Å². The van der Waals surface area contributed by atoms with E-state index in [4.69, 9.17) is 9.47 Å². The minimum atomic E-state index is -1.22. The molecular weight excluding hydrogens is 911 g/mol. The first-order valence-corrected chi connectivity index (χ1v) is 29.4. The van der Waals surface area contributed by atoms with Crippen LogP contribution in [0.2, 0.25) is 0 Å². The number of hydrogen-bond donors (Lipinski definition) is 2. The van der Waals surface area contributed by atoms with Gasteiger partial charge in [-0.1, -0.05) is 182 Å². The number of hydrogen-bond acceptors (Lipinski definition) is 10. The molecule has 0 spiro atoms. The quantitative estimate of drug-likeness (QED) is 0.0268. The minimum absolute atomic E-state index is 0.303. The number of carboxylic acids is 2. The summed E-state index contributed by atoms with van der Waals surface area (Å²) < 4.78 is 12.9. The fourth-order valence-corrected chi connectivity index (χ4v) is 9.35. The summed E-state index contributed by atoms with van der Waals surface area (Å²) >= 11 is 7.45. The molecule has 0 atom stereocenters. The Morgan fingerprint density at radius 2 is 0.639 bits per heavy atom. The van der Waals surface area contributed by atoms with E-state index in [-0.39, 0.29) is 11.9 Å². The van der Waals surface area contributed by atoms with Crippen LogP contribution in [0.4, 0.5) is 0 Å². The molecule has 0 saturated carbocycles. The molecular formula is C50H94O8S2Sn. The van der Waals surface area contributed by atoms with E-state index in [2.05, 4.69) is 53.0 Å². The maximum absolute atomic E-state index is 11.6. The third-order valence-electron chi connectivity index (χ3n) is 11.4. The fraction of sp³-hybridized carbons (Fsp3) is 0.880. The summed E-state index contributed by atoms with van der Waals surface area (Å²) in [4.78, 5) is 45.6. The SMILES string of the molecule is CCCCCCCCC(CS)(CCCCCCCC)C(=O)[O-].CCCCCCCCC(CS)(CCCCCCCC)C(=O)[O-].CCCCOC(=O)[CH]=[Sn+2]=[CH]C(=O)OCCCC. The average Bonchev–Trinajstić information content (AvgIpc) is 3.24. The normalized spacial score (nSPS) is 11.0. The summed E-state index contributed by atoms with van der Waals surface area (Å²) in [6.07, 6.45) is 35.4. The van der Waals surface area contributed by atoms with Crippen LogP contribution in [0, 0.1) is 10.8 Å². The molecule has 358 valence electrons. The molecule has 2 radical (unpaired) electrons. The van der Waals surface area contributed by atoms with E-state index in [0.29, 0.717) is 24.7 Å². The number of aliphatic carboxylic acids is 2. The summed E-state index contributed by atoms with van der Waals surface area (Å²) in [6.45, 7) is 13.8. The summed E-state index contributed by atoms with van der Waals surface area (Å²) in [5.41, 5.74) is -1.39. The standard InChI is InChI=1S/2C19H38O2S.2C6H10O2.Sn/c2*1-3-5-7-9-11-13-15-19(17-22,18(20)21)16-14-12-10-8-6-4-2;2*1-3-4-5-8-6(2)7;/h2*22H,3-17H2,1-2H3,(H,20,21);2*2H,3-5H2,1H3;/q;;;;+2/p-2. The molecule has 8 nitrogen and oxygen atoms in total. The maximum atomic E-state index is 11.6. The van der Waals surface area contributed by atoms with Crippen LogP contribution in [0.1, 0.15) is 247 Å². The second kappa shape index (κ2) is 48.6. The van der Waals surface area contributed by atoms with Crippen molar-refractivity contribution in [2.75, 3.05) is 24.7 Å². The topological polar surface area (TPSA) is 133 Å². The second-order valence-corrected chi connectivity index (χ2v) is 20.3. The van der Waals surface area contributed by atoms with Crippen molar-refractivity contribution in [3.05, 3.63) is 0 Å². The molecule has 0 aromatic carbocycles. The van der Waals surface area contributed by atoms with Gasteiger partial charge in [0, 0.05) is 34.3 Å². The number of ether oxygens (including phenoxy) is 2. The van der Waals surface area contributed by atoms with Crippen molar-refractivity contribution < 1.29 is 38.9 Å². The Bertz CT molecular complexity index is 983. The Morgan fingerprint density at radius 1 is 0.410 bits per heavy atom. The summed E-state index contributed by atoms with van der Waals surface area (Å²) in [6, 6.07) is 0. The summed E-state index contributed by atoms with van der Waals surface area (Å²) in [5, 5.41) is 23.2. The molecule has 0 aromatic heterocycles. The van der Waals surface area contributed by atoms with Gasteiger partial charge in [0.25, 0.3) is 0 Å². The van der Waals surface area contributed by atoms with Gasteiger partial charge in [0.1, 0.15) is 0 Å². The van der Waals surface area contributed by atoms with Gasteiger partial charge in [0.05, 0.1) is 0 Å². The monoisotopic (exact) mass is 1010 g/mol. The Labute approximate surface area is 396 Å². The van der Waals surface area contributed by atoms with Crippen LogP contribution in [0.5, 0.6) is 0 Å². The molecule has 0 amide bonds. The van der Waals surface area contributed by atoms with Gasteiger partial charge in [0.2, 0.25) is 0 Å². The average molecular weight is 1010 g/mol. The third kappa shape index (κ3) is 40.4. The van der Waals surface area contributed by atoms with Crippen molar-refractivity contribution >= 4 is 77.4 Å². The van der Waals surface area contributed by atoms with Crippen LogP contribution in [0.15, 0.2) is 0 Å². The van der Waals surface area contributed by atoms with Crippen molar-refractivity contribution in [2.45, 2.75) is 247 Å². The predicted molar refractivity (Wildman–Crippen MR) is 264 cm³/mol. The van der Waals surface area contributed by atoms with Crippen molar-refractivity contribution in [3.8, 4) is 0 Å².